The molecular weight excluding hydrogens is 284 g/mol. The van der Waals surface area contributed by atoms with Crippen molar-refractivity contribution < 1.29 is 0 Å². The highest BCUT2D eigenvalue weighted by Gasteiger charge is 2.02. The van der Waals surface area contributed by atoms with Gasteiger partial charge in [-0.2, -0.15) is 0 Å². The van der Waals surface area contributed by atoms with Crippen LogP contribution in [0.2, 0.25) is 0 Å². The van der Waals surface area contributed by atoms with E-state index >= 15 is 0 Å². The molecule has 4 nitrogen and oxygen atoms in total. The SMILES string of the molecule is CCCCCc1ncc(-c2ccc(C(=N)N)cc2)cn1.Cl. The van der Waals surface area contributed by atoms with Crippen molar-refractivity contribution in [3.63, 3.8) is 0 Å². The molecule has 0 amide bonds. The number of nitrogen functional groups attached to an aromatic ring is 1. The van der Waals surface area contributed by atoms with Crippen LogP contribution in [0, 0.1) is 5.41 Å². The predicted molar refractivity (Wildman–Crippen MR) is 89.0 cm³/mol. The molecular formula is C16H21ClN4. The predicted octanol–water partition coefficient (Wildman–Crippen LogP) is 3.58. The zero-order chi connectivity index (χ0) is 14.4. The number of unbranched alkanes of at least 4 members (excludes halogenated alkanes) is 2. The molecule has 0 spiro atoms. The molecule has 0 bridgehead atoms. The molecule has 0 aliphatic carbocycles. The van der Waals surface area contributed by atoms with E-state index in [2.05, 4.69) is 16.9 Å². The summed E-state index contributed by atoms with van der Waals surface area (Å²) in [6, 6.07) is 7.55. The number of amidine groups is 1. The zero-order valence-electron chi connectivity index (χ0n) is 12.2. The van der Waals surface area contributed by atoms with Crippen LogP contribution in [0.1, 0.15) is 37.6 Å². The zero-order valence-corrected chi connectivity index (χ0v) is 13.0. The Morgan fingerprint density at radius 2 is 1.67 bits per heavy atom. The molecule has 0 atom stereocenters. The monoisotopic (exact) mass is 304 g/mol. The van der Waals surface area contributed by atoms with Gasteiger partial charge in [0.25, 0.3) is 0 Å². The van der Waals surface area contributed by atoms with Gasteiger partial charge in [0.05, 0.1) is 0 Å². The third-order valence-electron chi connectivity index (χ3n) is 3.24. The van der Waals surface area contributed by atoms with E-state index in [1.807, 2.05) is 36.7 Å². The first-order valence-electron chi connectivity index (χ1n) is 6.96. The molecule has 21 heavy (non-hydrogen) atoms. The van der Waals surface area contributed by atoms with Crippen LogP contribution in [0.25, 0.3) is 11.1 Å². The Balaban J connectivity index is 0.00000220. The molecule has 3 N–H and O–H groups in total. The number of hydrogen-bond acceptors (Lipinski definition) is 3. The molecule has 0 radical (unpaired) electrons. The number of rotatable bonds is 6. The lowest BCUT2D eigenvalue weighted by Crippen LogP contribution is -2.10. The van der Waals surface area contributed by atoms with Crippen molar-refractivity contribution in [2.45, 2.75) is 32.6 Å². The van der Waals surface area contributed by atoms with Gasteiger partial charge in [-0.15, -0.1) is 12.4 Å². The summed E-state index contributed by atoms with van der Waals surface area (Å²) in [5.74, 6) is 0.988. The Morgan fingerprint density at radius 1 is 1.05 bits per heavy atom. The molecule has 1 aromatic heterocycles. The van der Waals surface area contributed by atoms with Crippen LogP contribution in [0.15, 0.2) is 36.7 Å². The van der Waals surface area contributed by atoms with E-state index in [9.17, 15) is 0 Å². The topological polar surface area (TPSA) is 75.7 Å². The maximum absolute atomic E-state index is 7.37. The van der Waals surface area contributed by atoms with Crippen LogP contribution in [0.5, 0.6) is 0 Å². The highest BCUT2D eigenvalue weighted by molar-refractivity contribution is 5.95. The van der Waals surface area contributed by atoms with Crippen molar-refractivity contribution in [2.24, 2.45) is 5.73 Å². The summed E-state index contributed by atoms with van der Waals surface area (Å²) in [6.07, 6.45) is 8.23. The van der Waals surface area contributed by atoms with Gasteiger partial charge in [0.15, 0.2) is 0 Å². The summed E-state index contributed by atoms with van der Waals surface area (Å²) in [5, 5.41) is 7.37. The third kappa shape index (κ3) is 4.83. The van der Waals surface area contributed by atoms with Crippen LogP contribution in [0.3, 0.4) is 0 Å². The molecule has 112 valence electrons. The molecule has 2 rings (SSSR count). The fourth-order valence-electron chi connectivity index (χ4n) is 2.01. The molecule has 1 aromatic carbocycles. The number of aryl methyl sites for hydroxylation is 1. The average Bonchev–Trinajstić information content (AvgIpc) is 2.48. The number of aromatic nitrogens is 2. The van der Waals surface area contributed by atoms with Gasteiger partial charge in [0.1, 0.15) is 11.7 Å². The molecule has 0 saturated carbocycles. The van der Waals surface area contributed by atoms with E-state index < -0.39 is 0 Å². The molecule has 0 fully saturated rings. The second kappa shape index (κ2) is 8.37. The highest BCUT2D eigenvalue weighted by atomic mass is 35.5. The normalized spacial score (nSPS) is 9.95. The lowest BCUT2D eigenvalue weighted by molar-refractivity contribution is 0.693. The lowest BCUT2D eigenvalue weighted by atomic mass is 10.1. The maximum Gasteiger partial charge on any atom is 0.128 e. The number of nitrogens with zero attached hydrogens (tertiary/aromatic N) is 2. The van der Waals surface area contributed by atoms with Crippen LogP contribution >= 0.6 is 12.4 Å². The number of benzene rings is 1. The summed E-state index contributed by atoms with van der Waals surface area (Å²) >= 11 is 0. The first-order valence-corrected chi connectivity index (χ1v) is 6.96. The van der Waals surface area contributed by atoms with E-state index in [0.29, 0.717) is 0 Å². The van der Waals surface area contributed by atoms with Gasteiger partial charge in [0, 0.05) is 29.9 Å². The summed E-state index contributed by atoms with van der Waals surface area (Å²) in [5.41, 5.74) is 8.19. The van der Waals surface area contributed by atoms with Crippen molar-refractivity contribution in [2.75, 3.05) is 0 Å². The minimum absolute atomic E-state index is 0. The number of halogens is 1. The van der Waals surface area contributed by atoms with Crippen LogP contribution in [-0.4, -0.2) is 15.8 Å². The van der Waals surface area contributed by atoms with Gasteiger partial charge in [-0.1, -0.05) is 44.0 Å². The molecule has 0 aliphatic heterocycles. The highest BCUT2D eigenvalue weighted by Crippen LogP contribution is 2.18. The Bertz CT molecular complexity index is 564. The van der Waals surface area contributed by atoms with Crippen molar-refractivity contribution >= 4 is 18.2 Å². The molecule has 0 unspecified atom stereocenters. The van der Waals surface area contributed by atoms with Crippen LogP contribution < -0.4 is 5.73 Å². The minimum Gasteiger partial charge on any atom is -0.384 e. The van der Waals surface area contributed by atoms with Gasteiger partial charge in [0.2, 0.25) is 0 Å². The van der Waals surface area contributed by atoms with Crippen LogP contribution in [-0.2, 0) is 6.42 Å². The minimum atomic E-state index is 0. The van der Waals surface area contributed by atoms with Crippen molar-refractivity contribution in [3.8, 4) is 11.1 Å². The Morgan fingerprint density at radius 3 is 2.19 bits per heavy atom. The summed E-state index contributed by atoms with van der Waals surface area (Å²) in [6.45, 7) is 2.19. The largest absolute Gasteiger partial charge is 0.384 e. The van der Waals surface area contributed by atoms with E-state index in [-0.39, 0.29) is 18.2 Å². The quantitative estimate of drug-likeness (QED) is 0.486. The van der Waals surface area contributed by atoms with Crippen molar-refractivity contribution in [1.29, 1.82) is 5.41 Å². The summed E-state index contributed by atoms with van der Waals surface area (Å²) in [7, 11) is 0. The van der Waals surface area contributed by atoms with Gasteiger partial charge in [-0.05, 0) is 12.0 Å². The number of nitrogens with one attached hydrogen (secondary N) is 1. The summed E-state index contributed by atoms with van der Waals surface area (Å²) < 4.78 is 0. The fraction of sp³-hybridized carbons (Fsp3) is 0.312. The smallest absolute Gasteiger partial charge is 0.128 e. The van der Waals surface area contributed by atoms with Crippen molar-refractivity contribution in [1.82, 2.24) is 9.97 Å². The summed E-state index contributed by atoms with van der Waals surface area (Å²) in [4.78, 5) is 8.81. The maximum atomic E-state index is 7.37. The molecule has 0 aliphatic rings. The first-order chi connectivity index (χ1) is 9.70. The Hall–Kier alpha value is -1.94. The molecule has 1 heterocycles. The molecule has 5 heteroatoms. The van der Waals surface area contributed by atoms with E-state index in [0.717, 1.165) is 35.4 Å². The second-order valence-electron chi connectivity index (χ2n) is 4.84. The number of nitrogens with two attached hydrogens (primary N) is 1. The third-order valence-corrected chi connectivity index (χ3v) is 3.24. The van der Waals surface area contributed by atoms with Gasteiger partial charge in [-0.25, -0.2) is 9.97 Å². The van der Waals surface area contributed by atoms with Gasteiger partial charge < -0.3 is 5.73 Å². The lowest BCUT2D eigenvalue weighted by Gasteiger charge is -2.04. The van der Waals surface area contributed by atoms with E-state index in [4.69, 9.17) is 11.1 Å². The second-order valence-corrected chi connectivity index (χ2v) is 4.84. The Kier molecular flexibility index (Phi) is 6.82. The van der Waals surface area contributed by atoms with E-state index in [1.54, 1.807) is 0 Å². The fourth-order valence-corrected chi connectivity index (χ4v) is 2.01. The molecule has 2 aromatic rings. The standard InChI is InChI=1S/C16H20N4.ClH/c1-2-3-4-5-15-19-10-14(11-20-15)12-6-8-13(9-7-12)16(17)18;/h6-11H,2-5H2,1H3,(H3,17,18);1H. The van der Waals surface area contributed by atoms with Crippen molar-refractivity contribution in [3.05, 3.63) is 48.0 Å². The first kappa shape index (κ1) is 17.1. The van der Waals surface area contributed by atoms with Crippen LogP contribution in [0.4, 0.5) is 0 Å². The van der Waals surface area contributed by atoms with Gasteiger partial charge >= 0.3 is 0 Å². The van der Waals surface area contributed by atoms with Gasteiger partial charge in [-0.3, -0.25) is 5.41 Å². The molecule has 0 saturated heterocycles. The average molecular weight is 305 g/mol. The Labute approximate surface area is 131 Å². The number of hydrogen-bond donors (Lipinski definition) is 2. The van der Waals surface area contributed by atoms with E-state index in [1.165, 1.54) is 12.8 Å².